The summed E-state index contributed by atoms with van der Waals surface area (Å²) in [4.78, 5) is 34.3. The first-order chi connectivity index (χ1) is 11.9. The number of benzene rings is 2. The minimum absolute atomic E-state index is 0.0480. The molecule has 0 aliphatic heterocycles. The van der Waals surface area contributed by atoms with E-state index in [1.165, 1.54) is 31.4 Å². The van der Waals surface area contributed by atoms with Crippen molar-refractivity contribution in [3.63, 3.8) is 0 Å². The minimum atomic E-state index is -0.710. The van der Waals surface area contributed by atoms with Gasteiger partial charge >= 0.3 is 5.97 Å². The Morgan fingerprint density at radius 3 is 2.24 bits per heavy atom. The molecule has 0 heterocycles. The lowest BCUT2D eigenvalue weighted by atomic mass is 10.1. The predicted octanol–water partition coefficient (Wildman–Crippen LogP) is 3.71. The van der Waals surface area contributed by atoms with Crippen molar-refractivity contribution in [2.24, 2.45) is 0 Å². The second kappa shape index (κ2) is 8.20. The van der Waals surface area contributed by atoms with Crippen LogP contribution >= 0.6 is 15.9 Å². The molecule has 7 nitrogen and oxygen atoms in total. The van der Waals surface area contributed by atoms with E-state index in [0.717, 1.165) is 10.5 Å². The zero-order valence-electron chi connectivity index (χ0n) is 13.1. The lowest BCUT2D eigenvalue weighted by molar-refractivity contribution is -0.384. The first kappa shape index (κ1) is 18.3. The van der Waals surface area contributed by atoms with Gasteiger partial charge in [0.05, 0.1) is 12.0 Å². The first-order valence-electron chi connectivity index (χ1n) is 7.02. The Bertz CT molecular complexity index is 829. The third-order valence-corrected chi connectivity index (χ3v) is 3.70. The minimum Gasteiger partial charge on any atom is -0.464 e. The number of nitro groups is 1. The van der Waals surface area contributed by atoms with Crippen molar-refractivity contribution in [3.8, 4) is 0 Å². The molecule has 0 bridgehead atoms. The molecule has 2 aromatic carbocycles. The Hall–Kier alpha value is -3.00. The molecular weight excluding hydrogens is 392 g/mol. The summed E-state index contributed by atoms with van der Waals surface area (Å²) in [6, 6.07) is 12.1. The van der Waals surface area contributed by atoms with Gasteiger partial charge in [-0.1, -0.05) is 15.9 Å². The summed E-state index contributed by atoms with van der Waals surface area (Å²) in [7, 11) is 1.20. The van der Waals surface area contributed by atoms with Gasteiger partial charge in [0.1, 0.15) is 5.70 Å². The van der Waals surface area contributed by atoms with E-state index in [9.17, 15) is 19.7 Å². The van der Waals surface area contributed by atoms with Gasteiger partial charge < -0.3 is 10.1 Å². The number of carbonyl (C=O) groups excluding carboxylic acids is 2. The van der Waals surface area contributed by atoms with Crippen LogP contribution in [0.2, 0.25) is 0 Å². The zero-order valence-corrected chi connectivity index (χ0v) is 14.6. The SMILES string of the molecule is COC(=O)/C(=C/C(=O)c1ccc([N+](=O)[O-])cc1)Nc1ccc(Br)cc1. The number of non-ortho nitro benzene ring substituents is 1. The highest BCUT2D eigenvalue weighted by Crippen LogP contribution is 2.17. The van der Waals surface area contributed by atoms with E-state index in [2.05, 4.69) is 26.0 Å². The average molecular weight is 405 g/mol. The van der Waals surface area contributed by atoms with Crippen molar-refractivity contribution < 1.29 is 19.2 Å². The lowest BCUT2D eigenvalue weighted by Crippen LogP contribution is -2.15. The molecule has 8 heteroatoms. The molecule has 0 aliphatic carbocycles. The van der Waals surface area contributed by atoms with Crippen LogP contribution in [0.4, 0.5) is 11.4 Å². The van der Waals surface area contributed by atoms with Crippen molar-refractivity contribution in [1.82, 2.24) is 0 Å². The maximum absolute atomic E-state index is 12.3. The molecule has 2 rings (SSSR count). The van der Waals surface area contributed by atoms with Gasteiger partial charge in [-0.05, 0) is 36.4 Å². The van der Waals surface area contributed by atoms with Crippen LogP contribution in [-0.2, 0) is 9.53 Å². The molecule has 0 saturated carbocycles. The molecule has 0 atom stereocenters. The van der Waals surface area contributed by atoms with Gasteiger partial charge in [-0.2, -0.15) is 0 Å². The molecule has 0 saturated heterocycles. The summed E-state index contributed by atoms with van der Waals surface area (Å²) >= 11 is 3.31. The van der Waals surface area contributed by atoms with Crippen molar-refractivity contribution in [2.45, 2.75) is 0 Å². The Labute approximate surface area is 151 Å². The highest BCUT2D eigenvalue weighted by Gasteiger charge is 2.14. The molecule has 0 aromatic heterocycles. The number of anilines is 1. The first-order valence-corrected chi connectivity index (χ1v) is 7.81. The zero-order chi connectivity index (χ0) is 18.4. The largest absolute Gasteiger partial charge is 0.464 e. The van der Waals surface area contributed by atoms with Crippen LogP contribution in [0.15, 0.2) is 64.8 Å². The molecule has 0 spiro atoms. The number of esters is 1. The normalized spacial score (nSPS) is 10.9. The van der Waals surface area contributed by atoms with Gasteiger partial charge in [-0.3, -0.25) is 14.9 Å². The molecule has 1 N–H and O–H groups in total. The Morgan fingerprint density at radius 2 is 1.72 bits per heavy atom. The van der Waals surface area contributed by atoms with Gasteiger partial charge in [-0.15, -0.1) is 0 Å². The number of ketones is 1. The summed E-state index contributed by atoms with van der Waals surface area (Å²) in [5.74, 6) is -1.20. The van der Waals surface area contributed by atoms with Crippen LogP contribution in [0.5, 0.6) is 0 Å². The monoisotopic (exact) mass is 404 g/mol. The van der Waals surface area contributed by atoms with Crippen LogP contribution in [0.1, 0.15) is 10.4 Å². The summed E-state index contributed by atoms with van der Waals surface area (Å²) in [5, 5.41) is 13.5. The average Bonchev–Trinajstić information content (AvgIpc) is 2.62. The second-order valence-corrected chi connectivity index (χ2v) is 5.77. The fourth-order valence-corrected chi connectivity index (χ4v) is 2.17. The Balaban J connectivity index is 2.26. The van der Waals surface area contributed by atoms with E-state index in [-0.39, 0.29) is 16.9 Å². The van der Waals surface area contributed by atoms with Crippen LogP contribution in [0.3, 0.4) is 0 Å². The van der Waals surface area contributed by atoms with Crippen LogP contribution in [0.25, 0.3) is 0 Å². The van der Waals surface area contributed by atoms with E-state index < -0.39 is 16.7 Å². The topological polar surface area (TPSA) is 98.5 Å². The van der Waals surface area contributed by atoms with Crippen LogP contribution in [0, 0.1) is 10.1 Å². The van der Waals surface area contributed by atoms with E-state index in [4.69, 9.17) is 0 Å². The molecule has 25 heavy (non-hydrogen) atoms. The number of nitrogens with zero attached hydrogens (tertiary/aromatic N) is 1. The Kier molecular flexibility index (Phi) is 6.02. The van der Waals surface area contributed by atoms with E-state index in [1.807, 2.05) is 0 Å². The van der Waals surface area contributed by atoms with Crippen LogP contribution < -0.4 is 5.32 Å². The third kappa shape index (κ3) is 4.98. The molecule has 0 fully saturated rings. The van der Waals surface area contributed by atoms with Crippen LogP contribution in [-0.4, -0.2) is 23.8 Å². The van der Waals surface area contributed by atoms with Gasteiger partial charge in [0.15, 0.2) is 5.78 Å². The number of carbonyl (C=O) groups is 2. The lowest BCUT2D eigenvalue weighted by Gasteiger charge is -2.09. The van der Waals surface area contributed by atoms with E-state index in [0.29, 0.717) is 5.69 Å². The number of rotatable bonds is 6. The van der Waals surface area contributed by atoms with E-state index in [1.54, 1.807) is 24.3 Å². The third-order valence-electron chi connectivity index (χ3n) is 3.17. The molecule has 0 amide bonds. The molecule has 0 unspecified atom stereocenters. The Morgan fingerprint density at radius 1 is 1.12 bits per heavy atom. The van der Waals surface area contributed by atoms with Crippen molar-refractivity contribution >= 4 is 39.1 Å². The quantitative estimate of drug-likeness (QED) is 0.259. The number of methoxy groups -OCH3 is 1. The van der Waals surface area contributed by atoms with Gasteiger partial charge in [0.2, 0.25) is 0 Å². The molecule has 0 aliphatic rings. The van der Waals surface area contributed by atoms with Gasteiger partial charge in [0.25, 0.3) is 5.69 Å². The summed E-state index contributed by atoms with van der Waals surface area (Å²) in [6.45, 7) is 0. The number of hydrogen-bond donors (Lipinski definition) is 1. The summed E-state index contributed by atoms with van der Waals surface area (Å²) in [5.41, 5.74) is 0.635. The maximum Gasteiger partial charge on any atom is 0.354 e. The number of nitrogens with one attached hydrogen (secondary N) is 1. The molecule has 128 valence electrons. The standard InChI is InChI=1S/C17H13BrN2O5/c1-25-17(22)15(19-13-6-4-12(18)5-7-13)10-16(21)11-2-8-14(9-3-11)20(23)24/h2-10,19H,1H3/b15-10-. The fraction of sp³-hybridized carbons (Fsp3) is 0.0588. The number of halogens is 1. The number of nitro benzene ring substituents is 1. The van der Waals surface area contributed by atoms with Crippen molar-refractivity contribution in [1.29, 1.82) is 0 Å². The highest BCUT2D eigenvalue weighted by molar-refractivity contribution is 9.10. The second-order valence-electron chi connectivity index (χ2n) is 4.85. The molecule has 2 aromatic rings. The van der Waals surface area contributed by atoms with Crippen molar-refractivity contribution in [3.05, 3.63) is 80.5 Å². The fourth-order valence-electron chi connectivity index (χ4n) is 1.91. The number of hydrogen-bond acceptors (Lipinski definition) is 6. The number of ether oxygens (including phenoxy) is 1. The van der Waals surface area contributed by atoms with Gasteiger partial charge in [0, 0.05) is 33.9 Å². The maximum atomic E-state index is 12.3. The predicted molar refractivity (Wildman–Crippen MR) is 95.3 cm³/mol. The highest BCUT2D eigenvalue weighted by atomic mass is 79.9. The smallest absolute Gasteiger partial charge is 0.354 e. The molecular formula is C17H13BrN2O5. The van der Waals surface area contributed by atoms with E-state index >= 15 is 0 Å². The summed E-state index contributed by atoms with van der Waals surface area (Å²) in [6.07, 6.45) is 1.09. The molecule has 0 radical (unpaired) electrons. The van der Waals surface area contributed by atoms with Crippen molar-refractivity contribution in [2.75, 3.05) is 12.4 Å². The van der Waals surface area contributed by atoms with Gasteiger partial charge in [-0.25, -0.2) is 4.79 Å². The number of allylic oxidation sites excluding steroid dienone is 1. The summed E-state index contributed by atoms with van der Waals surface area (Å²) < 4.78 is 5.54.